The quantitative estimate of drug-likeness (QED) is 0.871. The lowest BCUT2D eigenvalue weighted by Gasteiger charge is -2.21. The van der Waals surface area contributed by atoms with Gasteiger partial charge in [0, 0.05) is 18.8 Å². The number of benzene rings is 1. The molecule has 106 valence electrons. The first kappa shape index (κ1) is 14.3. The second kappa shape index (κ2) is 5.92. The topological polar surface area (TPSA) is 58.2 Å². The van der Waals surface area contributed by atoms with Gasteiger partial charge in [0.05, 0.1) is 4.90 Å². The molecule has 5 heteroatoms. The van der Waals surface area contributed by atoms with Crippen molar-refractivity contribution in [1.82, 2.24) is 4.72 Å². The summed E-state index contributed by atoms with van der Waals surface area (Å²) in [6.07, 6.45) is 2.65. The van der Waals surface area contributed by atoms with Crippen molar-refractivity contribution in [2.24, 2.45) is 5.92 Å². The van der Waals surface area contributed by atoms with Gasteiger partial charge in [-0.05, 0) is 42.9 Å². The molecule has 1 aliphatic heterocycles. The Morgan fingerprint density at radius 3 is 2.89 bits per heavy atom. The Bertz CT molecular complexity index is 538. The fourth-order valence-electron chi connectivity index (χ4n) is 2.29. The van der Waals surface area contributed by atoms with Crippen molar-refractivity contribution >= 4 is 15.7 Å². The lowest BCUT2D eigenvalue weighted by Crippen LogP contribution is -2.27. The molecule has 0 saturated heterocycles. The maximum atomic E-state index is 12.3. The number of hydrogen-bond acceptors (Lipinski definition) is 3. The summed E-state index contributed by atoms with van der Waals surface area (Å²) in [6.45, 7) is 5.58. The highest BCUT2D eigenvalue weighted by atomic mass is 32.2. The molecule has 1 aromatic carbocycles. The number of nitrogens with one attached hydrogen (secondary N) is 2. The average Bonchev–Trinajstić information content (AvgIpc) is 2.37. The van der Waals surface area contributed by atoms with E-state index in [2.05, 4.69) is 23.9 Å². The summed E-state index contributed by atoms with van der Waals surface area (Å²) in [5.74, 6) is 0.494. The molecule has 0 amide bonds. The molecule has 0 saturated carbocycles. The smallest absolute Gasteiger partial charge is 0.240 e. The van der Waals surface area contributed by atoms with Gasteiger partial charge in [-0.3, -0.25) is 0 Å². The van der Waals surface area contributed by atoms with Crippen LogP contribution in [0.1, 0.15) is 32.3 Å². The minimum atomic E-state index is -3.39. The Morgan fingerprint density at radius 2 is 2.16 bits per heavy atom. The minimum Gasteiger partial charge on any atom is -0.385 e. The van der Waals surface area contributed by atoms with E-state index in [-0.39, 0.29) is 0 Å². The zero-order valence-corrected chi connectivity index (χ0v) is 12.4. The van der Waals surface area contributed by atoms with Crippen molar-refractivity contribution in [2.45, 2.75) is 38.0 Å². The third-order valence-electron chi connectivity index (χ3n) is 3.36. The second-order valence-corrected chi connectivity index (χ2v) is 7.13. The summed E-state index contributed by atoms with van der Waals surface area (Å²) < 4.78 is 27.4. The zero-order valence-electron chi connectivity index (χ0n) is 11.6. The molecule has 0 aromatic heterocycles. The minimum absolute atomic E-state index is 0.431. The number of hydrogen-bond donors (Lipinski definition) is 2. The van der Waals surface area contributed by atoms with E-state index in [9.17, 15) is 8.42 Å². The van der Waals surface area contributed by atoms with Crippen LogP contribution in [-0.2, 0) is 16.4 Å². The lowest BCUT2D eigenvalue weighted by atomic mass is 10.0. The van der Waals surface area contributed by atoms with Crippen LogP contribution in [-0.4, -0.2) is 21.5 Å². The number of anilines is 1. The van der Waals surface area contributed by atoms with Crippen molar-refractivity contribution < 1.29 is 8.42 Å². The van der Waals surface area contributed by atoms with Gasteiger partial charge < -0.3 is 5.32 Å². The fourth-order valence-corrected chi connectivity index (χ4v) is 3.63. The highest BCUT2D eigenvalue weighted by molar-refractivity contribution is 7.89. The van der Waals surface area contributed by atoms with Gasteiger partial charge in [-0.1, -0.05) is 19.9 Å². The lowest BCUT2D eigenvalue weighted by molar-refractivity contribution is 0.550. The van der Waals surface area contributed by atoms with E-state index in [0.717, 1.165) is 37.1 Å². The Labute approximate surface area is 115 Å². The van der Waals surface area contributed by atoms with Crippen molar-refractivity contribution in [3.05, 3.63) is 23.8 Å². The van der Waals surface area contributed by atoms with Gasteiger partial charge in [-0.2, -0.15) is 0 Å². The van der Waals surface area contributed by atoms with Gasteiger partial charge in [-0.15, -0.1) is 0 Å². The molecule has 2 rings (SSSR count). The van der Waals surface area contributed by atoms with Gasteiger partial charge in [0.1, 0.15) is 0 Å². The van der Waals surface area contributed by atoms with Gasteiger partial charge in [0.25, 0.3) is 0 Å². The van der Waals surface area contributed by atoms with E-state index in [1.165, 1.54) is 0 Å². The highest BCUT2D eigenvalue weighted by Gasteiger charge is 2.21. The van der Waals surface area contributed by atoms with Crippen LogP contribution in [0.3, 0.4) is 0 Å². The molecule has 1 aromatic rings. The van der Waals surface area contributed by atoms with E-state index in [1.807, 2.05) is 6.07 Å². The standard InChI is InChI=1S/C14H22N2O2S/c1-11(2)8-10-16-19(17,18)14-7-3-6-13-12(14)5-4-9-15-13/h3,6-7,11,15-16H,4-5,8-10H2,1-2H3. The van der Waals surface area contributed by atoms with Crippen LogP contribution in [0.5, 0.6) is 0 Å². The summed E-state index contributed by atoms with van der Waals surface area (Å²) in [4.78, 5) is 0.431. The Morgan fingerprint density at radius 1 is 1.37 bits per heavy atom. The van der Waals surface area contributed by atoms with Crippen LogP contribution in [0.4, 0.5) is 5.69 Å². The second-order valence-electron chi connectivity index (χ2n) is 5.39. The van der Waals surface area contributed by atoms with Gasteiger partial charge >= 0.3 is 0 Å². The van der Waals surface area contributed by atoms with Gasteiger partial charge in [0.2, 0.25) is 10.0 Å². The van der Waals surface area contributed by atoms with Crippen LogP contribution in [0.15, 0.2) is 23.1 Å². The highest BCUT2D eigenvalue weighted by Crippen LogP contribution is 2.28. The summed E-state index contributed by atoms with van der Waals surface area (Å²) in [6, 6.07) is 5.44. The summed E-state index contributed by atoms with van der Waals surface area (Å²) in [5.41, 5.74) is 1.88. The van der Waals surface area contributed by atoms with E-state index < -0.39 is 10.0 Å². The molecule has 0 radical (unpaired) electrons. The molecule has 2 N–H and O–H groups in total. The maximum absolute atomic E-state index is 12.3. The molecule has 0 atom stereocenters. The largest absolute Gasteiger partial charge is 0.385 e. The monoisotopic (exact) mass is 282 g/mol. The molecule has 0 aliphatic carbocycles. The van der Waals surface area contributed by atoms with E-state index in [1.54, 1.807) is 12.1 Å². The summed E-state index contributed by atoms with van der Waals surface area (Å²) >= 11 is 0. The predicted molar refractivity (Wildman–Crippen MR) is 77.9 cm³/mol. The number of rotatable bonds is 5. The first-order valence-electron chi connectivity index (χ1n) is 6.86. The Hall–Kier alpha value is -1.07. The molecular weight excluding hydrogens is 260 g/mol. The van der Waals surface area contributed by atoms with Crippen molar-refractivity contribution in [3.8, 4) is 0 Å². The number of fused-ring (bicyclic) bond motifs is 1. The van der Waals surface area contributed by atoms with Crippen LogP contribution < -0.4 is 10.0 Å². The van der Waals surface area contributed by atoms with E-state index in [0.29, 0.717) is 17.4 Å². The van der Waals surface area contributed by atoms with Gasteiger partial charge in [-0.25, -0.2) is 13.1 Å². The third-order valence-corrected chi connectivity index (χ3v) is 4.90. The summed E-state index contributed by atoms with van der Waals surface area (Å²) in [7, 11) is -3.39. The Kier molecular flexibility index (Phi) is 4.47. The van der Waals surface area contributed by atoms with Crippen LogP contribution in [0.25, 0.3) is 0 Å². The molecule has 19 heavy (non-hydrogen) atoms. The van der Waals surface area contributed by atoms with Gasteiger partial charge in [0.15, 0.2) is 0 Å². The normalized spacial score (nSPS) is 15.1. The molecule has 1 heterocycles. The Balaban J connectivity index is 2.21. The maximum Gasteiger partial charge on any atom is 0.240 e. The molecule has 0 unspecified atom stereocenters. The average molecular weight is 282 g/mol. The van der Waals surface area contributed by atoms with Crippen molar-refractivity contribution in [1.29, 1.82) is 0 Å². The molecule has 4 nitrogen and oxygen atoms in total. The zero-order chi connectivity index (χ0) is 13.9. The predicted octanol–water partition coefficient (Wildman–Crippen LogP) is 2.37. The first-order chi connectivity index (χ1) is 9.00. The SMILES string of the molecule is CC(C)CCNS(=O)(=O)c1cccc2c1CCCN2. The third kappa shape index (κ3) is 3.48. The van der Waals surface area contributed by atoms with E-state index in [4.69, 9.17) is 0 Å². The van der Waals surface area contributed by atoms with Crippen molar-refractivity contribution in [2.75, 3.05) is 18.4 Å². The molecule has 0 bridgehead atoms. The molecule has 1 aliphatic rings. The molecule has 0 spiro atoms. The first-order valence-corrected chi connectivity index (χ1v) is 8.34. The number of sulfonamides is 1. The van der Waals surface area contributed by atoms with Crippen LogP contribution in [0, 0.1) is 5.92 Å². The van der Waals surface area contributed by atoms with Crippen LogP contribution >= 0.6 is 0 Å². The summed E-state index contributed by atoms with van der Waals surface area (Å²) in [5, 5.41) is 3.26. The molecular formula is C14H22N2O2S. The fraction of sp³-hybridized carbons (Fsp3) is 0.571. The molecule has 0 fully saturated rings. The van der Waals surface area contributed by atoms with E-state index >= 15 is 0 Å². The van der Waals surface area contributed by atoms with Crippen LogP contribution in [0.2, 0.25) is 0 Å². The van der Waals surface area contributed by atoms with Crippen molar-refractivity contribution in [3.63, 3.8) is 0 Å².